The van der Waals surface area contributed by atoms with Crippen molar-refractivity contribution in [2.45, 2.75) is 32.7 Å². The van der Waals surface area contributed by atoms with E-state index in [9.17, 15) is 9.59 Å². The standard InChI is InChI=1S/C20H22N2O2/c1-14-6-3-8-16(12-14)20(24)22-11-5-10-18(22)19(23)21-17-9-4-7-15(2)13-17/h3-4,6-9,12-13,18H,5,10-11H2,1-2H3,(H,21,23)/t18-/m1/s1. The molecule has 0 spiro atoms. The number of amides is 2. The lowest BCUT2D eigenvalue weighted by molar-refractivity contribution is -0.119. The van der Waals surface area contributed by atoms with Gasteiger partial charge in [0.25, 0.3) is 5.91 Å². The predicted molar refractivity (Wildman–Crippen MR) is 95.0 cm³/mol. The third-order valence-corrected chi connectivity index (χ3v) is 4.37. The Balaban J connectivity index is 1.75. The molecule has 24 heavy (non-hydrogen) atoms. The Labute approximate surface area is 142 Å². The Morgan fingerprint density at radius 1 is 1.04 bits per heavy atom. The molecule has 4 heteroatoms. The normalized spacial score (nSPS) is 16.9. The molecule has 0 bridgehead atoms. The molecule has 2 amide bonds. The van der Waals surface area contributed by atoms with Crippen molar-refractivity contribution in [3.8, 4) is 0 Å². The fraction of sp³-hybridized carbons (Fsp3) is 0.300. The second kappa shape index (κ2) is 6.87. The van der Waals surface area contributed by atoms with E-state index in [4.69, 9.17) is 0 Å². The number of anilines is 1. The molecule has 124 valence electrons. The van der Waals surface area contributed by atoms with Gasteiger partial charge in [-0.15, -0.1) is 0 Å². The predicted octanol–water partition coefficient (Wildman–Crippen LogP) is 3.55. The van der Waals surface area contributed by atoms with Gasteiger partial charge in [0.05, 0.1) is 0 Å². The fourth-order valence-corrected chi connectivity index (χ4v) is 3.17. The van der Waals surface area contributed by atoms with Gasteiger partial charge >= 0.3 is 0 Å². The largest absolute Gasteiger partial charge is 0.327 e. The first kappa shape index (κ1) is 16.2. The van der Waals surface area contributed by atoms with E-state index in [0.717, 1.165) is 23.2 Å². The minimum Gasteiger partial charge on any atom is -0.327 e. The summed E-state index contributed by atoms with van der Waals surface area (Å²) in [7, 11) is 0. The van der Waals surface area contributed by atoms with Gasteiger partial charge in [-0.25, -0.2) is 0 Å². The Bertz CT molecular complexity index is 770. The molecule has 0 unspecified atom stereocenters. The lowest BCUT2D eigenvalue weighted by Crippen LogP contribution is -2.43. The maximum absolute atomic E-state index is 12.8. The maximum Gasteiger partial charge on any atom is 0.254 e. The molecule has 1 aliphatic rings. The van der Waals surface area contributed by atoms with E-state index in [1.54, 1.807) is 4.90 Å². The van der Waals surface area contributed by atoms with Gasteiger partial charge < -0.3 is 10.2 Å². The number of hydrogen-bond donors (Lipinski definition) is 1. The topological polar surface area (TPSA) is 49.4 Å². The summed E-state index contributed by atoms with van der Waals surface area (Å²) in [6.45, 7) is 4.57. The van der Waals surface area contributed by atoms with Gasteiger partial charge in [-0.2, -0.15) is 0 Å². The highest BCUT2D eigenvalue weighted by atomic mass is 16.2. The Morgan fingerprint density at radius 3 is 2.46 bits per heavy atom. The molecule has 2 aromatic rings. The van der Waals surface area contributed by atoms with Gasteiger partial charge in [0.15, 0.2) is 0 Å². The average Bonchev–Trinajstić information content (AvgIpc) is 3.04. The van der Waals surface area contributed by atoms with Crippen molar-refractivity contribution >= 4 is 17.5 Å². The molecular weight excluding hydrogens is 300 g/mol. The summed E-state index contributed by atoms with van der Waals surface area (Å²) in [5.41, 5.74) is 3.55. The minimum atomic E-state index is -0.404. The lowest BCUT2D eigenvalue weighted by atomic mass is 10.1. The van der Waals surface area contributed by atoms with Crippen molar-refractivity contribution in [2.75, 3.05) is 11.9 Å². The molecule has 4 nitrogen and oxygen atoms in total. The van der Waals surface area contributed by atoms with Crippen LogP contribution in [-0.2, 0) is 4.79 Å². The molecule has 1 N–H and O–H groups in total. The van der Waals surface area contributed by atoms with Gasteiger partial charge in [-0.1, -0.05) is 29.8 Å². The van der Waals surface area contributed by atoms with Crippen LogP contribution in [0.3, 0.4) is 0 Å². The minimum absolute atomic E-state index is 0.0689. The van der Waals surface area contributed by atoms with Crippen molar-refractivity contribution in [3.63, 3.8) is 0 Å². The number of carbonyl (C=O) groups is 2. The molecule has 0 radical (unpaired) electrons. The second-order valence-electron chi connectivity index (χ2n) is 6.38. The van der Waals surface area contributed by atoms with E-state index >= 15 is 0 Å². The van der Waals surface area contributed by atoms with Crippen LogP contribution in [0.4, 0.5) is 5.69 Å². The third kappa shape index (κ3) is 3.48. The van der Waals surface area contributed by atoms with Gasteiger partial charge in [0, 0.05) is 17.8 Å². The quantitative estimate of drug-likeness (QED) is 0.939. The lowest BCUT2D eigenvalue weighted by Gasteiger charge is -2.24. The van der Waals surface area contributed by atoms with Crippen LogP contribution in [0, 0.1) is 13.8 Å². The van der Waals surface area contributed by atoms with Crippen LogP contribution in [-0.4, -0.2) is 29.3 Å². The Hall–Kier alpha value is -2.62. The number of aryl methyl sites for hydroxylation is 2. The van der Waals surface area contributed by atoms with Crippen LogP contribution >= 0.6 is 0 Å². The van der Waals surface area contributed by atoms with Crippen molar-refractivity contribution in [3.05, 3.63) is 65.2 Å². The Morgan fingerprint density at radius 2 is 1.75 bits per heavy atom. The average molecular weight is 322 g/mol. The van der Waals surface area contributed by atoms with Crippen molar-refractivity contribution in [1.82, 2.24) is 4.90 Å². The van der Waals surface area contributed by atoms with Crippen molar-refractivity contribution < 1.29 is 9.59 Å². The highest BCUT2D eigenvalue weighted by Gasteiger charge is 2.34. The molecule has 1 aliphatic heterocycles. The van der Waals surface area contributed by atoms with E-state index in [0.29, 0.717) is 18.5 Å². The summed E-state index contributed by atoms with van der Waals surface area (Å²) in [6.07, 6.45) is 1.55. The first-order valence-corrected chi connectivity index (χ1v) is 8.30. The molecule has 0 aromatic heterocycles. The van der Waals surface area contributed by atoms with E-state index < -0.39 is 6.04 Å². The summed E-state index contributed by atoms with van der Waals surface area (Å²) in [4.78, 5) is 27.1. The summed E-state index contributed by atoms with van der Waals surface area (Å²) in [5.74, 6) is -0.181. The van der Waals surface area contributed by atoms with Crippen LogP contribution < -0.4 is 5.32 Å². The highest BCUT2D eigenvalue weighted by Crippen LogP contribution is 2.22. The van der Waals surface area contributed by atoms with Crippen LogP contribution in [0.5, 0.6) is 0 Å². The van der Waals surface area contributed by atoms with E-state index in [-0.39, 0.29) is 11.8 Å². The first-order chi connectivity index (χ1) is 11.5. The summed E-state index contributed by atoms with van der Waals surface area (Å²) in [5, 5.41) is 2.94. The molecule has 1 heterocycles. The van der Waals surface area contributed by atoms with E-state index in [2.05, 4.69) is 5.32 Å². The smallest absolute Gasteiger partial charge is 0.254 e. The number of nitrogens with zero attached hydrogens (tertiary/aromatic N) is 1. The molecule has 2 aromatic carbocycles. The van der Waals surface area contributed by atoms with Gasteiger partial charge in [0.2, 0.25) is 5.91 Å². The zero-order valence-electron chi connectivity index (χ0n) is 14.1. The van der Waals surface area contributed by atoms with E-state index in [1.165, 1.54) is 0 Å². The molecule has 0 saturated carbocycles. The molecule has 1 atom stereocenters. The van der Waals surface area contributed by atoms with E-state index in [1.807, 2.05) is 62.4 Å². The van der Waals surface area contributed by atoms with Crippen LogP contribution in [0.25, 0.3) is 0 Å². The number of carbonyl (C=O) groups excluding carboxylic acids is 2. The zero-order chi connectivity index (χ0) is 17.1. The summed E-state index contributed by atoms with van der Waals surface area (Å²) >= 11 is 0. The number of hydrogen-bond acceptors (Lipinski definition) is 2. The Kier molecular flexibility index (Phi) is 4.65. The van der Waals surface area contributed by atoms with Crippen LogP contribution in [0.15, 0.2) is 48.5 Å². The maximum atomic E-state index is 12.8. The fourth-order valence-electron chi connectivity index (χ4n) is 3.17. The van der Waals surface area contributed by atoms with Crippen molar-refractivity contribution in [1.29, 1.82) is 0 Å². The monoisotopic (exact) mass is 322 g/mol. The number of nitrogens with one attached hydrogen (secondary N) is 1. The molecule has 1 fully saturated rings. The number of benzene rings is 2. The third-order valence-electron chi connectivity index (χ3n) is 4.37. The van der Waals surface area contributed by atoms with Crippen LogP contribution in [0.1, 0.15) is 34.3 Å². The van der Waals surface area contributed by atoms with Gasteiger partial charge in [-0.05, 0) is 56.5 Å². The molecule has 0 aliphatic carbocycles. The molecule has 3 rings (SSSR count). The molecular formula is C20H22N2O2. The summed E-state index contributed by atoms with van der Waals surface area (Å²) in [6, 6.07) is 14.8. The zero-order valence-corrected chi connectivity index (χ0v) is 14.1. The van der Waals surface area contributed by atoms with Gasteiger partial charge in [-0.3, -0.25) is 9.59 Å². The SMILES string of the molecule is Cc1cccc(NC(=O)[C@H]2CCCN2C(=O)c2cccc(C)c2)c1. The first-order valence-electron chi connectivity index (χ1n) is 8.30. The van der Waals surface area contributed by atoms with Gasteiger partial charge in [0.1, 0.15) is 6.04 Å². The highest BCUT2D eigenvalue weighted by molar-refractivity contribution is 6.01. The second-order valence-corrected chi connectivity index (χ2v) is 6.38. The number of likely N-dealkylation sites (tertiary alicyclic amines) is 1. The summed E-state index contributed by atoms with van der Waals surface area (Å²) < 4.78 is 0. The van der Waals surface area contributed by atoms with Crippen molar-refractivity contribution in [2.24, 2.45) is 0 Å². The molecule has 1 saturated heterocycles. The van der Waals surface area contributed by atoms with Crippen LogP contribution in [0.2, 0.25) is 0 Å². The number of rotatable bonds is 3.